The predicted octanol–water partition coefficient (Wildman–Crippen LogP) is 1.55. The molecule has 1 aliphatic rings. The highest BCUT2D eigenvalue weighted by molar-refractivity contribution is 8.00. The number of hydrogen-bond donors (Lipinski definition) is 2. The van der Waals surface area contributed by atoms with E-state index in [2.05, 4.69) is 4.98 Å². The summed E-state index contributed by atoms with van der Waals surface area (Å²) < 4.78 is 1.47. The van der Waals surface area contributed by atoms with Crippen LogP contribution in [0, 0.1) is 0 Å². The van der Waals surface area contributed by atoms with Crippen LogP contribution < -0.4 is 16.6 Å². The summed E-state index contributed by atoms with van der Waals surface area (Å²) in [6.45, 7) is 1.64. The molecule has 0 fully saturated rings. The molecule has 24 heavy (non-hydrogen) atoms. The van der Waals surface area contributed by atoms with Crippen molar-refractivity contribution in [3.63, 3.8) is 0 Å². The smallest absolute Gasteiger partial charge is 0.318 e. The van der Waals surface area contributed by atoms with Crippen LogP contribution in [0.15, 0.2) is 9.95 Å². The third-order valence-electron chi connectivity index (χ3n) is 4.05. The molecular weight excluding hydrogens is 348 g/mol. The molecule has 128 valence electrons. The molecule has 0 aromatic carbocycles. The summed E-state index contributed by atoms with van der Waals surface area (Å²) in [6.07, 6.45) is 4.17. The zero-order valence-electron chi connectivity index (χ0n) is 13.4. The van der Waals surface area contributed by atoms with Gasteiger partial charge in [-0.3, -0.25) is 19.5 Å². The molecule has 3 rings (SSSR count). The standard InChI is InChI=1S/C15H18N4O3S2/c1-7(11(20)17-14(16)22)23-15-18-12-10(13(21)19(15)2)8-5-3-4-6-9(8)24-12/h7H,3-6H2,1-2H3,(H3,16,17,20,22). The van der Waals surface area contributed by atoms with E-state index in [9.17, 15) is 14.4 Å². The molecule has 0 spiro atoms. The molecule has 0 saturated carbocycles. The van der Waals surface area contributed by atoms with Gasteiger partial charge < -0.3 is 5.73 Å². The number of thiophene rings is 1. The van der Waals surface area contributed by atoms with Crippen LogP contribution in [0.25, 0.3) is 10.2 Å². The van der Waals surface area contributed by atoms with Crippen molar-refractivity contribution in [3.05, 3.63) is 20.8 Å². The van der Waals surface area contributed by atoms with E-state index in [0.29, 0.717) is 5.16 Å². The van der Waals surface area contributed by atoms with Crippen molar-refractivity contribution >= 4 is 45.3 Å². The second-order valence-corrected chi connectivity index (χ2v) is 8.15. The maximum absolute atomic E-state index is 12.8. The minimum atomic E-state index is -0.893. The number of nitrogens with zero attached hydrogens (tertiary/aromatic N) is 2. The number of hydrogen-bond acceptors (Lipinski definition) is 6. The highest BCUT2D eigenvalue weighted by Crippen LogP contribution is 2.34. The monoisotopic (exact) mass is 366 g/mol. The molecule has 0 saturated heterocycles. The number of urea groups is 1. The summed E-state index contributed by atoms with van der Waals surface area (Å²) in [5.74, 6) is -0.507. The Morgan fingerprint density at radius 1 is 1.38 bits per heavy atom. The lowest BCUT2D eigenvalue weighted by Crippen LogP contribution is -2.39. The number of nitrogens with one attached hydrogen (secondary N) is 1. The van der Waals surface area contributed by atoms with Gasteiger partial charge in [-0.25, -0.2) is 9.78 Å². The van der Waals surface area contributed by atoms with Crippen molar-refractivity contribution in [1.29, 1.82) is 0 Å². The Hall–Kier alpha value is -1.87. The van der Waals surface area contributed by atoms with Gasteiger partial charge in [-0.05, 0) is 38.2 Å². The number of nitrogens with two attached hydrogens (primary N) is 1. The second kappa shape index (κ2) is 6.56. The van der Waals surface area contributed by atoms with E-state index in [0.717, 1.165) is 53.2 Å². The quantitative estimate of drug-likeness (QED) is 0.633. The first kappa shape index (κ1) is 17.0. The summed E-state index contributed by atoms with van der Waals surface area (Å²) in [7, 11) is 1.66. The van der Waals surface area contributed by atoms with E-state index in [1.165, 1.54) is 9.44 Å². The number of primary amides is 1. The maximum atomic E-state index is 12.8. The lowest BCUT2D eigenvalue weighted by atomic mass is 9.97. The van der Waals surface area contributed by atoms with Gasteiger partial charge in [-0.2, -0.15) is 0 Å². The molecule has 0 bridgehead atoms. The molecule has 0 radical (unpaired) electrons. The van der Waals surface area contributed by atoms with Crippen LogP contribution in [0.2, 0.25) is 0 Å². The van der Waals surface area contributed by atoms with E-state index in [4.69, 9.17) is 5.73 Å². The summed E-state index contributed by atoms with van der Waals surface area (Å²) in [5.41, 5.74) is 6.02. The Labute approximate surface area is 146 Å². The van der Waals surface area contributed by atoms with Crippen LogP contribution in [-0.4, -0.2) is 26.7 Å². The van der Waals surface area contributed by atoms with Crippen molar-refractivity contribution in [3.8, 4) is 0 Å². The number of aryl methyl sites for hydroxylation is 2. The van der Waals surface area contributed by atoms with Crippen LogP contribution in [0.4, 0.5) is 4.79 Å². The molecule has 3 amide bonds. The summed E-state index contributed by atoms with van der Waals surface area (Å²) in [6, 6.07) is -0.893. The van der Waals surface area contributed by atoms with Crippen LogP contribution in [-0.2, 0) is 24.7 Å². The first-order chi connectivity index (χ1) is 11.4. The highest BCUT2D eigenvalue weighted by Gasteiger charge is 2.23. The minimum Gasteiger partial charge on any atom is -0.351 e. The summed E-state index contributed by atoms with van der Waals surface area (Å²) in [5, 5.41) is 2.62. The van der Waals surface area contributed by atoms with Gasteiger partial charge in [0.25, 0.3) is 5.56 Å². The van der Waals surface area contributed by atoms with Crippen LogP contribution in [0.5, 0.6) is 0 Å². The Morgan fingerprint density at radius 2 is 2.08 bits per heavy atom. The second-order valence-electron chi connectivity index (χ2n) is 5.76. The lowest BCUT2D eigenvalue weighted by Gasteiger charge is -2.13. The van der Waals surface area contributed by atoms with Crippen LogP contribution in [0.1, 0.15) is 30.2 Å². The van der Waals surface area contributed by atoms with E-state index < -0.39 is 17.2 Å². The van der Waals surface area contributed by atoms with Gasteiger partial charge in [-0.15, -0.1) is 11.3 Å². The van der Waals surface area contributed by atoms with Crippen LogP contribution in [0.3, 0.4) is 0 Å². The summed E-state index contributed by atoms with van der Waals surface area (Å²) in [4.78, 5) is 41.9. The molecule has 2 aromatic heterocycles. The summed E-state index contributed by atoms with van der Waals surface area (Å²) >= 11 is 2.70. The zero-order chi connectivity index (χ0) is 17.4. The Kier molecular flexibility index (Phi) is 4.64. The number of amides is 3. The number of rotatable bonds is 3. The van der Waals surface area contributed by atoms with Gasteiger partial charge in [0.2, 0.25) is 5.91 Å². The molecule has 0 aliphatic heterocycles. The number of carbonyl (C=O) groups is 2. The molecule has 7 nitrogen and oxygen atoms in total. The number of thioether (sulfide) groups is 1. The van der Waals surface area contributed by atoms with Crippen molar-refractivity contribution in [1.82, 2.24) is 14.9 Å². The molecular formula is C15H18N4O3S2. The average Bonchev–Trinajstić information content (AvgIpc) is 2.89. The van der Waals surface area contributed by atoms with E-state index in [1.54, 1.807) is 25.3 Å². The van der Waals surface area contributed by atoms with Crippen molar-refractivity contribution < 1.29 is 9.59 Å². The number of fused-ring (bicyclic) bond motifs is 3. The fourth-order valence-corrected chi connectivity index (χ4v) is 4.98. The zero-order valence-corrected chi connectivity index (χ0v) is 15.1. The molecule has 1 atom stereocenters. The van der Waals surface area contributed by atoms with Gasteiger partial charge in [-0.1, -0.05) is 11.8 Å². The van der Waals surface area contributed by atoms with Gasteiger partial charge in [0, 0.05) is 11.9 Å². The van der Waals surface area contributed by atoms with Gasteiger partial charge in [0.05, 0.1) is 10.6 Å². The number of imide groups is 1. The average molecular weight is 366 g/mol. The van der Waals surface area contributed by atoms with Crippen molar-refractivity contribution in [2.24, 2.45) is 12.8 Å². The third-order valence-corrected chi connectivity index (χ3v) is 6.38. The number of carbonyl (C=O) groups excluding carboxylic acids is 2. The van der Waals surface area contributed by atoms with Gasteiger partial charge in [0.15, 0.2) is 5.16 Å². The third kappa shape index (κ3) is 3.05. The van der Waals surface area contributed by atoms with Crippen LogP contribution >= 0.6 is 23.1 Å². The van der Waals surface area contributed by atoms with E-state index >= 15 is 0 Å². The van der Waals surface area contributed by atoms with Gasteiger partial charge >= 0.3 is 6.03 Å². The number of aromatic nitrogens is 2. The normalized spacial score (nSPS) is 15.1. The molecule has 1 unspecified atom stereocenters. The Morgan fingerprint density at radius 3 is 2.79 bits per heavy atom. The van der Waals surface area contributed by atoms with Crippen molar-refractivity contribution in [2.45, 2.75) is 43.0 Å². The predicted molar refractivity (Wildman–Crippen MR) is 94.5 cm³/mol. The molecule has 9 heteroatoms. The van der Waals surface area contributed by atoms with E-state index in [-0.39, 0.29) is 5.56 Å². The Balaban J connectivity index is 1.98. The van der Waals surface area contributed by atoms with E-state index in [1.807, 2.05) is 5.32 Å². The first-order valence-electron chi connectivity index (χ1n) is 7.66. The largest absolute Gasteiger partial charge is 0.351 e. The molecule has 1 aliphatic carbocycles. The highest BCUT2D eigenvalue weighted by atomic mass is 32.2. The Bertz CT molecular complexity index is 887. The molecule has 2 aromatic rings. The van der Waals surface area contributed by atoms with Gasteiger partial charge in [0.1, 0.15) is 4.83 Å². The minimum absolute atomic E-state index is 0.0793. The maximum Gasteiger partial charge on any atom is 0.318 e. The SMILES string of the molecule is CC(Sc1nc2sc3c(c2c(=O)n1C)CCCC3)C(=O)NC(N)=O. The van der Waals surface area contributed by atoms with Crippen molar-refractivity contribution in [2.75, 3.05) is 0 Å². The topological polar surface area (TPSA) is 107 Å². The molecule has 2 heterocycles. The fraction of sp³-hybridized carbons (Fsp3) is 0.467. The molecule has 3 N–H and O–H groups in total. The fourth-order valence-electron chi connectivity index (χ4n) is 2.81. The first-order valence-corrected chi connectivity index (χ1v) is 9.36. The lowest BCUT2D eigenvalue weighted by molar-refractivity contribution is -0.119.